The Hall–Kier alpha value is -0.710. The molecular formula is C13H22N2OS. The second kappa shape index (κ2) is 6.89. The largest absolute Gasteiger partial charge is 0.497 e. The Morgan fingerprint density at radius 1 is 1.41 bits per heavy atom. The molecule has 0 heterocycles. The maximum Gasteiger partial charge on any atom is 0.119 e. The van der Waals surface area contributed by atoms with Gasteiger partial charge < -0.3 is 4.74 Å². The Balaban J connectivity index is 2.80. The van der Waals surface area contributed by atoms with Crippen LogP contribution in [0.25, 0.3) is 0 Å². The van der Waals surface area contributed by atoms with Gasteiger partial charge in [0.05, 0.1) is 13.2 Å². The fourth-order valence-electron chi connectivity index (χ4n) is 1.68. The third-order valence-corrected chi connectivity index (χ3v) is 3.84. The van der Waals surface area contributed by atoms with E-state index in [-0.39, 0.29) is 6.04 Å². The number of thioether (sulfide) groups is 1. The van der Waals surface area contributed by atoms with Crippen molar-refractivity contribution in [3.63, 3.8) is 0 Å². The molecule has 0 aromatic heterocycles. The van der Waals surface area contributed by atoms with Gasteiger partial charge in [-0.2, -0.15) is 11.8 Å². The van der Waals surface area contributed by atoms with E-state index in [2.05, 4.69) is 32.3 Å². The zero-order valence-corrected chi connectivity index (χ0v) is 11.8. The topological polar surface area (TPSA) is 47.3 Å². The summed E-state index contributed by atoms with van der Waals surface area (Å²) in [7, 11) is 1.68. The van der Waals surface area contributed by atoms with Crippen LogP contribution < -0.4 is 16.0 Å². The fraction of sp³-hybridized carbons (Fsp3) is 0.538. The van der Waals surface area contributed by atoms with E-state index in [1.165, 1.54) is 11.1 Å². The van der Waals surface area contributed by atoms with Crippen LogP contribution in [-0.2, 0) is 0 Å². The highest BCUT2D eigenvalue weighted by Crippen LogP contribution is 2.25. The molecule has 0 spiro atoms. The quantitative estimate of drug-likeness (QED) is 0.605. The molecule has 1 aromatic carbocycles. The first-order valence-corrected chi connectivity index (χ1v) is 6.85. The predicted octanol–water partition coefficient (Wildman–Crippen LogP) is 2.65. The number of rotatable bonds is 6. The summed E-state index contributed by atoms with van der Waals surface area (Å²) in [5.41, 5.74) is 5.33. The molecule has 1 unspecified atom stereocenters. The predicted molar refractivity (Wildman–Crippen MR) is 75.4 cm³/mol. The first kappa shape index (κ1) is 14.4. The van der Waals surface area contributed by atoms with Crippen LogP contribution in [0.1, 0.15) is 31.0 Å². The standard InChI is InChI=1S/C13H22N2OS/c1-9(2)17-8-13(15-14)12-6-5-11(16-4)7-10(12)3/h5-7,9,13,15H,8,14H2,1-4H3. The molecular weight excluding hydrogens is 232 g/mol. The van der Waals surface area contributed by atoms with Crippen molar-refractivity contribution in [2.45, 2.75) is 32.1 Å². The average Bonchev–Trinajstić information content (AvgIpc) is 2.31. The van der Waals surface area contributed by atoms with Crippen LogP contribution >= 0.6 is 11.8 Å². The number of ether oxygens (including phenoxy) is 1. The normalized spacial score (nSPS) is 12.8. The molecule has 0 saturated carbocycles. The number of nitrogens with two attached hydrogens (primary N) is 1. The smallest absolute Gasteiger partial charge is 0.119 e. The van der Waals surface area contributed by atoms with Crippen LogP contribution in [0, 0.1) is 6.92 Å². The van der Waals surface area contributed by atoms with E-state index in [1.54, 1.807) is 7.11 Å². The molecule has 0 bridgehead atoms. The lowest BCUT2D eigenvalue weighted by molar-refractivity contribution is 0.414. The average molecular weight is 254 g/mol. The van der Waals surface area contributed by atoms with E-state index < -0.39 is 0 Å². The Bertz CT molecular complexity index is 355. The molecule has 3 nitrogen and oxygen atoms in total. The third-order valence-electron chi connectivity index (χ3n) is 2.65. The molecule has 1 aromatic rings. The number of nitrogens with one attached hydrogen (secondary N) is 1. The number of benzene rings is 1. The number of methoxy groups -OCH3 is 1. The van der Waals surface area contributed by atoms with Crippen molar-refractivity contribution in [3.05, 3.63) is 29.3 Å². The lowest BCUT2D eigenvalue weighted by atomic mass is 10.0. The minimum Gasteiger partial charge on any atom is -0.497 e. The number of hydrazine groups is 1. The molecule has 0 saturated heterocycles. The van der Waals surface area contributed by atoms with Crippen LogP contribution in [0.2, 0.25) is 0 Å². The minimum absolute atomic E-state index is 0.188. The molecule has 0 radical (unpaired) electrons. The SMILES string of the molecule is COc1ccc(C(CSC(C)C)NN)c(C)c1. The fourth-order valence-corrected chi connectivity index (χ4v) is 2.54. The molecule has 0 aliphatic rings. The zero-order valence-electron chi connectivity index (χ0n) is 11.0. The number of aryl methyl sites for hydroxylation is 1. The molecule has 0 aliphatic carbocycles. The van der Waals surface area contributed by atoms with E-state index in [9.17, 15) is 0 Å². The molecule has 0 amide bonds. The summed E-state index contributed by atoms with van der Waals surface area (Å²) < 4.78 is 5.20. The van der Waals surface area contributed by atoms with Crippen LogP contribution in [0.4, 0.5) is 0 Å². The second-order valence-electron chi connectivity index (χ2n) is 4.32. The summed E-state index contributed by atoms with van der Waals surface area (Å²) in [5, 5.41) is 0.615. The molecule has 1 rings (SSSR count). The van der Waals surface area contributed by atoms with Crippen molar-refractivity contribution >= 4 is 11.8 Å². The molecule has 0 fully saturated rings. The van der Waals surface area contributed by atoms with Gasteiger partial charge in [-0.3, -0.25) is 11.3 Å². The van der Waals surface area contributed by atoms with Crippen LogP contribution in [-0.4, -0.2) is 18.1 Å². The lowest BCUT2D eigenvalue weighted by Crippen LogP contribution is -2.30. The van der Waals surface area contributed by atoms with Crippen molar-refractivity contribution in [2.24, 2.45) is 5.84 Å². The Labute approximate surface area is 108 Å². The monoisotopic (exact) mass is 254 g/mol. The minimum atomic E-state index is 0.188. The van der Waals surface area contributed by atoms with Crippen molar-refractivity contribution in [2.75, 3.05) is 12.9 Å². The molecule has 0 aliphatic heterocycles. The highest BCUT2D eigenvalue weighted by molar-refractivity contribution is 7.99. The highest BCUT2D eigenvalue weighted by atomic mass is 32.2. The summed E-state index contributed by atoms with van der Waals surface area (Å²) in [6.45, 7) is 6.47. The first-order chi connectivity index (χ1) is 8.08. The Morgan fingerprint density at radius 2 is 2.12 bits per heavy atom. The van der Waals surface area contributed by atoms with Gasteiger partial charge in [0.1, 0.15) is 5.75 Å². The number of hydrogen-bond acceptors (Lipinski definition) is 4. The van der Waals surface area contributed by atoms with Crippen molar-refractivity contribution in [1.29, 1.82) is 0 Å². The van der Waals surface area contributed by atoms with Gasteiger partial charge in [-0.1, -0.05) is 19.9 Å². The molecule has 1 atom stereocenters. The second-order valence-corrected chi connectivity index (χ2v) is 5.93. The molecule has 96 valence electrons. The molecule has 4 heteroatoms. The van der Waals surface area contributed by atoms with Gasteiger partial charge in [-0.15, -0.1) is 0 Å². The molecule has 3 N–H and O–H groups in total. The zero-order chi connectivity index (χ0) is 12.8. The van der Waals surface area contributed by atoms with Crippen LogP contribution in [0.15, 0.2) is 18.2 Å². The maximum atomic E-state index is 5.64. The summed E-state index contributed by atoms with van der Waals surface area (Å²) in [6, 6.07) is 6.29. The van der Waals surface area contributed by atoms with Gasteiger partial charge in [0, 0.05) is 5.75 Å². The van der Waals surface area contributed by atoms with Crippen molar-refractivity contribution in [3.8, 4) is 5.75 Å². The summed E-state index contributed by atoms with van der Waals surface area (Å²) in [4.78, 5) is 0. The van der Waals surface area contributed by atoms with Gasteiger partial charge >= 0.3 is 0 Å². The van der Waals surface area contributed by atoms with Gasteiger partial charge in [0.2, 0.25) is 0 Å². The van der Waals surface area contributed by atoms with E-state index in [0.29, 0.717) is 5.25 Å². The van der Waals surface area contributed by atoms with E-state index in [1.807, 2.05) is 23.9 Å². The third kappa shape index (κ3) is 4.22. The van der Waals surface area contributed by atoms with Gasteiger partial charge in [0.15, 0.2) is 0 Å². The lowest BCUT2D eigenvalue weighted by Gasteiger charge is -2.19. The first-order valence-electron chi connectivity index (χ1n) is 5.80. The maximum absolute atomic E-state index is 5.64. The van der Waals surface area contributed by atoms with E-state index in [4.69, 9.17) is 10.6 Å². The Morgan fingerprint density at radius 3 is 2.59 bits per heavy atom. The van der Waals surface area contributed by atoms with E-state index >= 15 is 0 Å². The summed E-state index contributed by atoms with van der Waals surface area (Å²) >= 11 is 1.90. The van der Waals surface area contributed by atoms with E-state index in [0.717, 1.165) is 11.5 Å². The van der Waals surface area contributed by atoms with Gasteiger partial charge in [-0.25, -0.2) is 0 Å². The van der Waals surface area contributed by atoms with Crippen molar-refractivity contribution < 1.29 is 4.74 Å². The van der Waals surface area contributed by atoms with Crippen molar-refractivity contribution in [1.82, 2.24) is 5.43 Å². The molecule has 17 heavy (non-hydrogen) atoms. The Kier molecular flexibility index (Phi) is 5.82. The highest BCUT2D eigenvalue weighted by Gasteiger charge is 2.13. The number of hydrogen-bond donors (Lipinski definition) is 2. The van der Waals surface area contributed by atoms with Crippen LogP contribution in [0.3, 0.4) is 0 Å². The van der Waals surface area contributed by atoms with Gasteiger partial charge in [0.25, 0.3) is 0 Å². The summed E-state index contributed by atoms with van der Waals surface area (Å²) in [6.07, 6.45) is 0. The van der Waals surface area contributed by atoms with Crippen LogP contribution in [0.5, 0.6) is 5.75 Å². The van der Waals surface area contributed by atoms with Gasteiger partial charge in [-0.05, 0) is 35.4 Å². The summed E-state index contributed by atoms with van der Waals surface area (Å²) in [5.74, 6) is 7.50.